The first kappa shape index (κ1) is 16.3. The number of fused-ring (bicyclic) bond motifs is 5. The molecule has 0 spiro atoms. The van der Waals surface area contributed by atoms with Crippen LogP contribution < -0.4 is 5.32 Å². The lowest BCUT2D eigenvalue weighted by atomic mass is 9.49. The maximum Gasteiger partial charge on any atom is 0.240 e. The van der Waals surface area contributed by atoms with Gasteiger partial charge in [-0.15, -0.1) is 0 Å². The Morgan fingerprint density at radius 2 is 1.44 bits per heavy atom. The van der Waals surface area contributed by atoms with Crippen molar-refractivity contribution in [2.45, 2.75) is 44.9 Å². The highest BCUT2D eigenvalue weighted by atomic mass is 16.2. The van der Waals surface area contributed by atoms with E-state index in [1.165, 1.54) is 43.4 Å². The standard InChI is InChI=1S/C22H28N2O3/c25-17(23-11-22-7-12-3-13(8-22)5-14(4-12)9-22)10-24-20(26)18-15-1-2-16(6-15)19(18)21(24)27/h1-2,12-16,18-19H,3-11H2,(H,23,25)/t12?,13?,14?,15-,16-,18-,19+,22?/m1/s1. The van der Waals surface area contributed by atoms with Crippen LogP contribution in [0.3, 0.4) is 0 Å². The fraction of sp³-hybridized carbons (Fsp3) is 0.773. The van der Waals surface area contributed by atoms with Gasteiger partial charge in [0.05, 0.1) is 11.8 Å². The molecule has 7 rings (SSSR count). The second kappa shape index (κ2) is 5.45. The van der Waals surface area contributed by atoms with Crippen LogP contribution in [0.5, 0.6) is 0 Å². The van der Waals surface area contributed by atoms with Gasteiger partial charge in [0.2, 0.25) is 17.7 Å². The summed E-state index contributed by atoms with van der Waals surface area (Å²) in [5.74, 6) is 2.18. The van der Waals surface area contributed by atoms with E-state index in [9.17, 15) is 14.4 Å². The molecule has 0 unspecified atom stereocenters. The molecule has 6 aliphatic carbocycles. The molecule has 1 heterocycles. The van der Waals surface area contributed by atoms with Crippen LogP contribution in [0.4, 0.5) is 0 Å². The minimum absolute atomic E-state index is 0.0868. The van der Waals surface area contributed by atoms with Gasteiger partial charge >= 0.3 is 0 Å². The summed E-state index contributed by atoms with van der Waals surface area (Å²) in [5.41, 5.74) is 0.281. The van der Waals surface area contributed by atoms with Crippen molar-refractivity contribution >= 4 is 17.7 Å². The zero-order valence-electron chi connectivity index (χ0n) is 15.7. The van der Waals surface area contributed by atoms with Crippen LogP contribution in [-0.2, 0) is 14.4 Å². The van der Waals surface area contributed by atoms with Gasteiger partial charge in [-0.1, -0.05) is 12.2 Å². The molecule has 27 heavy (non-hydrogen) atoms. The largest absolute Gasteiger partial charge is 0.354 e. The number of amides is 3. The fourth-order valence-electron chi connectivity index (χ4n) is 8.11. The lowest BCUT2D eigenvalue weighted by Crippen LogP contribution is -2.52. The van der Waals surface area contributed by atoms with Gasteiger partial charge in [0.15, 0.2) is 0 Å². The molecule has 6 fully saturated rings. The van der Waals surface area contributed by atoms with E-state index in [-0.39, 0.29) is 53.4 Å². The summed E-state index contributed by atoms with van der Waals surface area (Å²) in [4.78, 5) is 39.3. The predicted molar refractivity (Wildman–Crippen MR) is 98.1 cm³/mol. The average Bonchev–Trinajstić information content (AvgIpc) is 3.29. The molecule has 0 radical (unpaired) electrons. The number of hydrogen-bond acceptors (Lipinski definition) is 3. The molecule has 1 aliphatic heterocycles. The summed E-state index contributed by atoms with van der Waals surface area (Å²) in [5, 5.41) is 3.11. The molecule has 6 bridgehead atoms. The van der Waals surface area contributed by atoms with Crippen molar-refractivity contribution in [1.29, 1.82) is 0 Å². The highest BCUT2D eigenvalue weighted by Crippen LogP contribution is 2.59. The Morgan fingerprint density at radius 1 is 0.926 bits per heavy atom. The SMILES string of the molecule is O=C(CN1C(=O)[C@@H]2[C@H](C1=O)[C@@H]1C=C[C@@H]2C1)NCC12CC3CC(CC(C3)C1)C2. The van der Waals surface area contributed by atoms with Crippen LogP contribution in [0.15, 0.2) is 12.2 Å². The topological polar surface area (TPSA) is 66.5 Å². The van der Waals surface area contributed by atoms with E-state index in [1.807, 2.05) is 0 Å². The van der Waals surface area contributed by atoms with Crippen molar-refractivity contribution in [2.24, 2.45) is 46.8 Å². The van der Waals surface area contributed by atoms with E-state index >= 15 is 0 Å². The lowest BCUT2D eigenvalue weighted by molar-refractivity contribution is -0.144. The van der Waals surface area contributed by atoms with Crippen molar-refractivity contribution in [3.63, 3.8) is 0 Å². The summed E-state index contributed by atoms with van der Waals surface area (Å²) in [6.45, 7) is 0.641. The molecule has 5 nitrogen and oxygen atoms in total. The summed E-state index contributed by atoms with van der Waals surface area (Å²) >= 11 is 0. The summed E-state index contributed by atoms with van der Waals surface area (Å²) in [6, 6.07) is 0. The smallest absolute Gasteiger partial charge is 0.240 e. The van der Waals surface area contributed by atoms with Gasteiger partial charge in [-0.3, -0.25) is 19.3 Å². The number of hydrogen-bond donors (Lipinski definition) is 1. The maximum absolute atomic E-state index is 12.7. The molecule has 5 saturated carbocycles. The molecular formula is C22H28N2O3. The molecule has 3 amide bonds. The van der Waals surface area contributed by atoms with Gasteiger partial charge in [0.25, 0.3) is 0 Å². The van der Waals surface area contributed by atoms with Gasteiger partial charge in [0.1, 0.15) is 6.54 Å². The normalized spacial score (nSPS) is 48.6. The third-order valence-corrected chi connectivity index (χ3v) is 8.69. The fourth-order valence-corrected chi connectivity index (χ4v) is 8.11. The Kier molecular flexibility index (Phi) is 3.29. The summed E-state index contributed by atoms with van der Waals surface area (Å²) in [6.07, 6.45) is 13.0. The monoisotopic (exact) mass is 368 g/mol. The van der Waals surface area contributed by atoms with Crippen molar-refractivity contribution < 1.29 is 14.4 Å². The van der Waals surface area contributed by atoms with E-state index < -0.39 is 0 Å². The Hall–Kier alpha value is -1.65. The van der Waals surface area contributed by atoms with Crippen LogP contribution in [0.1, 0.15) is 44.9 Å². The van der Waals surface area contributed by atoms with E-state index in [2.05, 4.69) is 17.5 Å². The Bertz CT molecular complexity index is 691. The number of carbonyl (C=O) groups excluding carboxylic acids is 3. The molecular weight excluding hydrogens is 340 g/mol. The van der Waals surface area contributed by atoms with E-state index in [4.69, 9.17) is 0 Å². The summed E-state index contributed by atoms with van der Waals surface area (Å²) < 4.78 is 0. The number of carbonyl (C=O) groups is 3. The number of rotatable bonds is 4. The molecule has 1 N–H and O–H groups in total. The van der Waals surface area contributed by atoms with E-state index in [0.717, 1.165) is 30.7 Å². The highest BCUT2D eigenvalue weighted by molar-refractivity contribution is 6.08. The van der Waals surface area contributed by atoms with Crippen LogP contribution in [-0.4, -0.2) is 35.7 Å². The van der Waals surface area contributed by atoms with E-state index in [1.54, 1.807) is 0 Å². The number of nitrogens with zero attached hydrogens (tertiary/aromatic N) is 1. The second-order valence-electron chi connectivity index (χ2n) is 10.5. The van der Waals surface area contributed by atoms with Crippen LogP contribution in [0, 0.1) is 46.8 Å². The number of imide groups is 1. The minimum Gasteiger partial charge on any atom is -0.354 e. The maximum atomic E-state index is 12.7. The van der Waals surface area contributed by atoms with Crippen LogP contribution in [0.25, 0.3) is 0 Å². The van der Waals surface area contributed by atoms with Gasteiger partial charge in [0, 0.05) is 6.54 Å². The van der Waals surface area contributed by atoms with Gasteiger partial charge in [-0.2, -0.15) is 0 Å². The first-order valence-electron chi connectivity index (χ1n) is 10.8. The summed E-state index contributed by atoms with van der Waals surface area (Å²) in [7, 11) is 0. The number of likely N-dealkylation sites (tertiary alicyclic amines) is 1. The van der Waals surface area contributed by atoms with Crippen LogP contribution in [0.2, 0.25) is 0 Å². The first-order valence-corrected chi connectivity index (χ1v) is 10.8. The minimum atomic E-state index is -0.205. The molecule has 0 aromatic carbocycles. The zero-order chi connectivity index (χ0) is 18.3. The number of nitrogens with one attached hydrogen (secondary N) is 1. The number of allylic oxidation sites excluding steroid dienone is 2. The Balaban J connectivity index is 1.10. The Labute approximate surface area is 159 Å². The molecule has 1 saturated heterocycles. The molecule has 4 atom stereocenters. The van der Waals surface area contributed by atoms with Crippen molar-refractivity contribution in [3.05, 3.63) is 12.2 Å². The first-order chi connectivity index (χ1) is 13.0. The van der Waals surface area contributed by atoms with Crippen molar-refractivity contribution in [3.8, 4) is 0 Å². The third-order valence-electron chi connectivity index (χ3n) is 8.69. The third kappa shape index (κ3) is 2.32. The zero-order valence-corrected chi connectivity index (χ0v) is 15.7. The Morgan fingerprint density at radius 3 is 1.96 bits per heavy atom. The second-order valence-corrected chi connectivity index (χ2v) is 10.5. The van der Waals surface area contributed by atoms with Crippen LogP contribution >= 0.6 is 0 Å². The van der Waals surface area contributed by atoms with Gasteiger partial charge in [-0.05, 0) is 80.0 Å². The molecule has 5 heteroatoms. The van der Waals surface area contributed by atoms with Crippen molar-refractivity contribution in [2.75, 3.05) is 13.1 Å². The molecule has 144 valence electrons. The van der Waals surface area contributed by atoms with Crippen molar-refractivity contribution in [1.82, 2.24) is 10.2 Å². The molecule has 0 aromatic rings. The average molecular weight is 368 g/mol. The lowest BCUT2D eigenvalue weighted by Gasteiger charge is -2.56. The molecule has 7 aliphatic rings. The van der Waals surface area contributed by atoms with Gasteiger partial charge in [-0.25, -0.2) is 0 Å². The molecule has 0 aromatic heterocycles. The quantitative estimate of drug-likeness (QED) is 0.611. The predicted octanol–water partition coefficient (Wildman–Crippen LogP) is 2.13. The highest BCUT2D eigenvalue weighted by Gasteiger charge is 2.59. The van der Waals surface area contributed by atoms with E-state index in [0.29, 0.717) is 0 Å². The van der Waals surface area contributed by atoms with Gasteiger partial charge < -0.3 is 5.32 Å².